The first-order chi connectivity index (χ1) is 11.4. The molecular formula is C16H19F3N2O3. The van der Waals surface area contributed by atoms with Crippen molar-refractivity contribution in [1.29, 1.82) is 0 Å². The molecule has 1 aromatic rings. The average Bonchev–Trinajstić information content (AvgIpc) is 3.03. The number of hydrogen-bond donors (Lipinski definition) is 0. The molecule has 3 heterocycles. The number of hydrogen-bond acceptors (Lipinski definition) is 4. The van der Waals surface area contributed by atoms with E-state index in [1.54, 1.807) is 4.90 Å². The third kappa shape index (κ3) is 3.98. The average molecular weight is 344 g/mol. The second-order valence-corrected chi connectivity index (χ2v) is 6.08. The van der Waals surface area contributed by atoms with Crippen molar-refractivity contribution < 1.29 is 27.4 Å². The van der Waals surface area contributed by atoms with Gasteiger partial charge >= 0.3 is 6.18 Å². The summed E-state index contributed by atoms with van der Waals surface area (Å²) in [5.41, 5.74) is -0.791. The lowest BCUT2D eigenvalue weighted by molar-refractivity contribution is -0.138. The Bertz CT molecular complexity index is 588. The van der Waals surface area contributed by atoms with E-state index < -0.39 is 11.7 Å². The van der Waals surface area contributed by atoms with E-state index in [-0.39, 0.29) is 23.8 Å². The Kier molecular flexibility index (Phi) is 4.93. The van der Waals surface area contributed by atoms with E-state index in [1.807, 2.05) is 0 Å². The zero-order valence-electron chi connectivity index (χ0n) is 13.1. The lowest BCUT2D eigenvalue weighted by atomic mass is 9.99. The summed E-state index contributed by atoms with van der Waals surface area (Å²) in [6.45, 7) is 2.13. The summed E-state index contributed by atoms with van der Waals surface area (Å²) < 4.78 is 48.9. The monoisotopic (exact) mass is 344 g/mol. The second kappa shape index (κ2) is 6.96. The first-order valence-corrected chi connectivity index (χ1v) is 8.00. The lowest BCUT2D eigenvalue weighted by Gasteiger charge is -2.26. The van der Waals surface area contributed by atoms with E-state index in [0.29, 0.717) is 32.7 Å². The van der Waals surface area contributed by atoms with Crippen LogP contribution in [-0.4, -0.2) is 48.2 Å². The third-order valence-corrected chi connectivity index (χ3v) is 4.38. The van der Waals surface area contributed by atoms with Crippen molar-refractivity contribution in [2.75, 3.05) is 26.3 Å². The fourth-order valence-electron chi connectivity index (χ4n) is 3.05. The molecule has 0 saturated carbocycles. The maximum absolute atomic E-state index is 12.7. The number of pyridine rings is 1. The molecule has 0 radical (unpaired) electrons. The first-order valence-electron chi connectivity index (χ1n) is 8.00. The number of nitrogens with zero attached hydrogens (tertiary/aromatic N) is 2. The Morgan fingerprint density at radius 3 is 2.75 bits per heavy atom. The molecule has 24 heavy (non-hydrogen) atoms. The Labute approximate surface area is 137 Å². The molecule has 0 unspecified atom stereocenters. The molecule has 0 aromatic carbocycles. The topological polar surface area (TPSA) is 51.7 Å². The standard InChI is InChI=1S/C16H19F3N2O3/c17-16(18,19)12-1-5-20-14(9-12)24-13-2-6-21(10-13)15(22)11-3-7-23-8-4-11/h1,5,9,11,13H,2-4,6-8,10H2/t13-/m1/s1. The predicted octanol–water partition coefficient (Wildman–Crippen LogP) is 2.51. The number of ether oxygens (including phenoxy) is 2. The van der Waals surface area contributed by atoms with Gasteiger partial charge in [-0.2, -0.15) is 13.2 Å². The van der Waals surface area contributed by atoms with Gasteiger partial charge in [-0.1, -0.05) is 0 Å². The molecule has 0 aliphatic carbocycles. The van der Waals surface area contributed by atoms with Crippen molar-refractivity contribution in [2.24, 2.45) is 5.92 Å². The fourth-order valence-corrected chi connectivity index (χ4v) is 3.05. The van der Waals surface area contributed by atoms with E-state index in [0.717, 1.165) is 31.2 Å². The molecule has 1 amide bonds. The summed E-state index contributed by atoms with van der Waals surface area (Å²) >= 11 is 0. The predicted molar refractivity (Wildman–Crippen MR) is 78.4 cm³/mol. The Morgan fingerprint density at radius 1 is 1.29 bits per heavy atom. The van der Waals surface area contributed by atoms with Gasteiger partial charge in [0.15, 0.2) is 0 Å². The van der Waals surface area contributed by atoms with Crippen LogP contribution < -0.4 is 4.74 Å². The molecule has 2 aliphatic rings. The second-order valence-electron chi connectivity index (χ2n) is 6.08. The molecule has 3 rings (SSSR count). The molecule has 1 aromatic heterocycles. The van der Waals surface area contributed by atoms with Gasteiger partial charge in [0, 0.05) is 44.4 Å². The summed E-state index contributed by atoms with van der Waals surface area (Å²) in [6, 6.07) is 1.80. The van der Waals surface area contributed by atoms with Crippen LogP contribution in [0.15, 0.2) is 18.3 Å². The molecule has 1 atom stereocenters. The highest BCUT2D eigenvalue weighted by atomic mass is 19.4. The highest BCUT2D eigenvalue weighted by Crippen LogP contribution is 2.31. The third-order valence-electron chi connectivity index (χ3n) is 4.38. The van der Waals surface area contributed by atoms with E-state index in [9.17, 15) is 18.0 Å². The lowest BCUT2D eigenvalue weighted by Crippen LogP contribution is -2.38. The van der Waals surface area contributed by atoms with Crippen molar-refractivity contribution in [3.8, 4) is 5.88 Å². The number of aromatic nitrogens is 1. The van der Waals surface area contributed by atoms with Gasteiger partial charge in [0.25, 0.3) is 0 Å². The number of amides is 1. The van der Waals surface area contributed by atoms with E-state index in [1.165, 1.54) is 0 Å². The van der Waals surface area contributed by atoms with Crippen LogP contribution >= 0.6 is 0 Å². The van der Waals surface area contributed by atoms with Crippen LogP contribution in [0.4, 0.5) is 13.2 Å². The van der Waals surface area contributed by atoms with E-state index >= 15 is 0 Å². The number of alkyl halides is 3. The maximum Gasteiger partial charge on any atom is 0.416 e. The van der Waals surface area contributed by atoms with Crippen molar-refractivity contribution >= 4 is 5.91 Å². The quantitative estimate of drug-likeness (QED) is 0.845. The smallest absolute Gasteiger partial charge is 0.416 e. The minimum atomic E-state index is -4.43. The fraction of sp³-hybridized carbons (Fsp3) is 0.625. The van der Waals surface area contributed by atoms with Gasteiger partial charge in [0.2, 0.25) is 11.8 Å². The molecule has 2 fully saturated rings. The highest BCUT2D eigenvalue weighted by Gasteiger charge is 2.34. The minimum Gasteiger partial charge on any atom is -0.472 e. The summed E-state index contributed by atoms with van der Waals surface area (Å²) in [5, 5.41) is 0. The Morgan fingerprint density at radius 2 is 2.04 bits per heavy atom. The normalized spacial score (nSPS) is 22.6. The number of rotatable bonds is 3. The summed E-state index contributed by atoms with van der Waals surface area (Å²) in [4.78, 5) is 18.0. The molecule has 0 spiro atoms. The zero-order valence-corrected chi connectivity index (χ0v) is 13.1. The molecule has 132 valence electrons. The van der Waals surface area contributed by atoms with Gasteiger partial charge in [-0.15, -0.1) is 0 Å². The molecule has 8 heteroatoms. The van der Waals surface area contributed by atoms with Crippen molar-refractivity contribution in [2.45, 2.75) is 31.5 Å². The summed E-state index contributed by atoms with van der Waals surface area (Å²) in [7, 11) is 0. The van der Waals surface area contributed by atoms with Crippen LogP contribution in [-0.2, 0) is 15.7 Å². The van der Waals surface area contributed by atoms with Crippen LogP contribution in [0, 0.1) is 5.92 Å². The van der Waals surface area contributed by atoms with Gasteiger partial charge in [-0.3, -0.25) is 4.79 Å². The molecule has 2 aliphatic heterocycles. The van der Waals surface area contributed by atoms with E-state index in [2.05, 4.69) is 4.98 Å². The van der Waals surface area contributed by atoms with Crippen molar-refractivity contribution in [3.63, 3.8) is 0 Å². The van der Waals surface area contributed by atoms with Gasteiger partial charge in [0.1, 0.15) is 6.10 Å². The number of carbonyl (C=O) groups excluding carboxylic acids is 1. The summed E-state index contributed by atoms with van der Waals surface area (Å²) in [6.07, 6.45) is -1.65. The molecule has 5 nitrogen and oxygen atoms in total. The highest BCUT2D eigenvalue weighted by molar-refractivity contribution is 5.79. The number of likely N-dealkylation sites (tertiary alicyclic amines) is 1. The molecule has 0 N–H and O–H groups in total. The van der Waals surface area contributed by atoms with Crippen LogP contribution in [0.25, 0.3) is 0 Å². The van der Waals surface area contributed by atoms with Crippen LogP contribution in [0.2, 0.25) is 0 Å². The maximum atomic E-state index is 12.7. The Balaban J connectivity index is 1.57. The van der Waals surface area contributed by atoms with Crippen LogP contribution in [0.3, 0.4) is 0 Å². The van der Waals surface area contributed by atoms with Crippen LogP contribution in [0.5, 0.6) is 5.88 Å². The molecule has 0 bridgehead atoms. The van der Waals surface area contributed by atoms with Crippen LogP contribution in [0.1, 0.15) is 24.8 Å². The zero-order chi connectivity index (χ0) is 17.2. The van der Waals surface area contributed by atoms with Gasteiger partial charge < -0.3 is 14.4 Å². The minimum absolute atomic E-state index is 0.0239. The summed E-state index contributed by atoms with van der Waals surface area (Å²) in [5.74, 6) is 0.000717. The largest absolute Gasteiger partial charge is 0.472 e. The Hall–Kier alpha value is -1.83. The molecule has 2 saturated heterocycles. The number of halogens is 3. The molecular weight excluding hydrogens is 325 g/mol. The van der Waals surface area contributed by atoms with Gasteiger partial charge in [-0.05, 0) is 18.9 Å². The van der Waals surface area contributed by atoms with Crippen molar-refractivity contribution in [1.82, 2.24) is 9.88 Å². The van der Waals surface area contributed by atoms with Gasteiger partial charge in [0.05, 0.1) is 12.1 Å². The first kappa shape index (κ1) is 17.0. The van der Waals surface area contributed by atoms with E-state index in [4.69, 9.17) is 9.47 Å². The SMILES string of the molecule is O=C(C1CCOCC1)N1CC[C@@H](Oc2cc(C(F)(F)F)ccn2)C1. The van der Waals surface area contributed by atoms with Gasteiger partial charge in [-0.25, -0.2) is 4.98 Å². The van der Waals surface area contributed by atoms with Crippen molar-refractivity contribution in [3.05, 3.63) is 23.9 Å². The number of carbonyl (C=O) groups is 1.